The molecular formula is C13H27N3O2S. The van der Waals surface area contributed by atoms with E-state index in [1.807, 2.05) is 0 Å². The molecule has 112 valence electrons. The van der Waals surface area contributed by atoms with Gasteiger partial charge in [0.1, 0.15) is 0 Å². The SMILES string of the molecule is CCCCN(C)S(=O)(=O)N[C@@H]1CCN2CCCC[C@H]12. The highest BCUT2D eigenvalue weighted by atomic mass is 32.2. The molecule has 0 bridgehead atoms. The molecule has 2 atom stereocenters. The minimum Gasteiger partial charge on any atom is -0.299 e. The van der Waals surface area contributed by atoms with Crippen molar-refractivity contribution in [3.8, 4) is 0 Å². The van der Waals surface area contributed by atoms with Crippen molar-refractivity contribution in [1.29, 1.82) is 0 Å². The third-order valence-corrected chi connectivity index (χ3v) is 6.00. The molecule has 1 N–H and O–H groups in total. The lowest BCUT2D eigenvalue weighted by molar-refractivity contribution is 0.185. The second-order valence-electron chi connectivity index (χ2n) is 5.79. The standard InChI is InChI=1S/C13H27N3O2S/c1-3-4-9-15(2)19(17,18)14-12-8-11-16-10-6-5-7-13(12)16/h12-14H,3-11H2,1-2H3/t12-,13-/m1/s1. The number of unbranched alkanes of at least 4 members (excludes halogenated alkanes) is 1. The summed E-state index contributed by atoms with van der Waals surface area (Å²) in [5.74, 6) is 0. The second-order valence-corrected chi connectivity index (χ2v) is 7.60. The number of nitrogens with one attached hydrogen (secondary N) is 1. The van der Waals surface area contributed by atoms with Crippen LogP contribution in [0.3, 0.4) is 0 Å². The van der Waals surface area contributed by atoms with Crippen LogP contribution >= 0.6 is 0 Å². The normalized spacial score (nSPS) is 28.8. The number of nitrogens with zero attached hydrogens (tertiary/aromatic N) is 2. The highest BCUT2D eigenvalue weighted by Crippen LogP contribution is 2.27. The van der Waals surface area contributed by atoms with E-state index in [1.165, 1.54) is 17.1 Å². The van der Waals surface area contributed by atoms with Crippen molar-refractivity contribution in [1.82, 2.24) is 13.9 Å². The van der Waals surface area contributed by atoms with Crippen molar-refractivity contribution in [3.05, 3.63) is 0 Å². The molecule has 2 rings (SSSR count). The molecule has 0 aliphatic carbocycles. The number of hydrogen-bond acceptors (Lipinski definition) is 3. The number of rotatable bonds is 6. The summed E-state index contributed by atoms with van der Waals surface area (Å²) >= 11 is 0. The Hall–Kier alpha value is -0.170. The van der Waals surface area contributed by atoms with Gasteiger partial charge in [-0.25, -0.2) is 0 Å². The van der Waals surface area contributed by atoms with Gasteiger partial charge in [0.15, 0.2) is 0 Å². The molecule has 2 aliphatic rings. The zero-order valence-electron chi connectivity index (χ0n) is 12.1. The Labute approximate surface area is 117 Å². The number of fused-ring (bicyclic) bond motifs is 1. The lowest BCUT2D eigenvalue weighted by Gasteiger charge is -2.33. The first-order chi connectivity index (χ1) is 9.04. The van der Waals surface area contributed by atoms with Gasteiger partial charge in [-0.2, -0.15) is 17.4 Å². The summed E-state index contributed by atoms with van der Waals surface area (Å²) in [6.45, 7) is 4.85. The largest absolute Gasteiger partial charge is 0.299 e. The van der Waals surface area contributed by atoms with Gasteiger partial charge in [0.2, 0.25) is 0 Å². The second kappa shape index (κ2) is 6.52. The average Bonchev–Trinajstić information content (AvgIpc) is 2.79. The van der Waals surface area contributed by atoms with Crippen LogP contribution in [0.2, 0.25) is 0 Å². The molecular weight excluding hydrogens is 262 g/mol. The number of piperidine rings is 1. The third kappa shape index (κ3) is 3.68. The predicted molar refractivity (Wildman–Crippen MR) is 77.2 cm³/mol. The smallest absolute Gasteiger partial charge is 0.279 e. The highest BCUT2D eigenvalue weighted by molar-refractivity contribution is 7.87. The van der Waals surface area contributed by atoms with Crippen LogP contribution in [0.5, 0.6) is 0 Å². The molecule has 0 unspecified atom stereocenters. The van der Waals surface area contributed by atoms with Crippen LogP contribution in [0.1, 0.15) is 45.4 Å². The molecule has 0 aromatic carbocycles. The quantitative estimate of drug-likeness (QED) is 0.799. The summed E-state index contributed by atoms with van der Waals surface area (Å²) in [5, 5.41) is 0. The predicted octanol–water partition coefficient (Wildman–Crippen LogP) is 1.18. The van der Waals surface area contributed by atoms with Gasteiger partial charge in [0.25, 0.3) is 10.2 Å². The van der Waals surface area contributed by atoms with Gasteiger partial charge in [-0.05, 0) is 32.2 Å². The van der Waals surface area contributed by atoms with E-state index in [9.17, 15) is 8.42 Å². The van der Waals surface area contributed by atoms with E-state index in [-0.39, 0.29) is 6.04 Å². The van der Waals surface area contributed by atoms with Crippen LogP contribution in [-0.4, -0.2) is 56.4 Å². The van der Waals surface area contributed by atoms with Gasteiger partial charge in [0, 0.05) is 32.2 Å². The first-order valence-electron chi connectivity index (χ1n) is 7.52. The minimum absolute atomic E-state index is 0.106. The fourth-order valence-electron chi connectivity index (χ4n) is 3.17. The Kier molecular flexibility index (Phi) is 5.22. The Balaban J connectivity index is 1.92. The summed E-state index contributed by atoms with van der Waals surface area (Å²) in [4.78, 5) is 2.45. The van der Waals surface area contributed by atoms with E-state index in [2.05, 4.69) is 16.5 Å². The van der Waals surface area contributed by atoms with Gasteiger partial charge >= 0.3 is 0 Å². The van der Waals surface area contributed by atoms with Gasteiger partial charge in [-0.15, -0.1) is 0 Å². The molecule has 2 saturated heterocycles. The molecule has 0 saturated carbocycles. The van der Waals surface area contributed by atoms with E-state index >= 15 is 0 Å². The molecule has 0 spiro atoms. The van der Waals surface area contributed by atoms with Crippen molar-refractivity contribution in [2.45, 2.75) is 57.5 Å². The van der Waals surface area contributed by atoms with Crippen LogP contribution in [0.4, 0.5) is 0 Å². The average molecular weight is 289 g/mol. The van der Waals surface area contributed by atoms with E-state index in [1.54, 1.807) is 7.05 Å². The van der Waals surface area contributed by atoms with Crippen LogP contribution in [0.15, 0.2) is 0 Å². The van der Waals surface area contributed by atoms with E-state index < -0.39 is 10.2 Å². The van der Waals surface area contributed by atoms with Crippen molar-refractivity contribution >= 4 is 10.2 Å². The zero-order chi connectivity index (χ0) is 13.9. The molecule has 0 radical (unpaired) electrons. The van der Waals surface area contributed by atoms with E-state index in [4.69, 9.17) is 0 Å². The van der Waals surface area contributed by atoms with Crippen molar-refractivity contribution < 1.29 is 8.42 Å². The Morgan fingerprint density at radius 2 is 2.05 bits per heavy atom. The molecule has 6 heteroatoms. The molecule has 5 nitrogen and oxygen atoms in total. The van der Waals surface area contributed by atoms with Crippen LogP contribution in [0.25, 0.3) is 0 Å². The Morgan fingerprint density at radius 3 is 2.79 bits per heavy atom. The summed E-state index contributed by atoms with van der Waals surface area (Å²) in [6.07, 6.45) is 6.49. The van der Waals surface area contributed by atoms with Crippen molar-refractivity contribution in [2.75, 3.05) is 26.7 Å². The maximum absolute atomic E-state index is 12.3. The first-order valence-corrected chi connectivity index (χ1v) is 8.96. The molecule has 0 amide bonds. The summed E-state index contributed by atoms with van der Waals surface area (Å²) in [5.41, 5.74) is 0. The van der Waals surface area contributed by atoms with E-state index in [0.717, 1.165) is 38.8 Å². The summed E-state index contributed by atoms with van der Waals surface area (Å²) in [7, 11) is -1.64. The summed E-state index contributed by atoms with van der Waals surface area (Å²) < 4.78 is 28.9. The lowest BCUT2D eigenvalue weighted by atomic mass is 10.00. The Bertz CT molecular complexity index is 385. The molecule has 2 aliphatic heterocycles. The Morgan fingerprint density at radius 1 is 1.26 bits per heavy atom. The maximum atomic E-state index is 12.3. The molecule has 0 aromatic rings. The van der Waals surface area contributed by atoms with Gasteiger partial charge in [-0.3, -0.25) is 4.90 Å². The molecule has 0 aromatic heterocycles. The fourth-order valence-corrected chi connectivity index (χ4v) is 4.37. The monoisotopic (exact) mass is 289 g/mol. The van der Waals surface area contributed by atoms with Gasteiger partial charge in [0.05, 0.1) is 0 Å². The lowest BCUT2D eigenvalue weighted by Crippen LogP contribution is -2.50. The van der Waals surface area contributed by atoms with Gasteiger partial charge < -0.3 is 0 Å². The van der Waals surface area contributed by atoms with Crippen LogP contribution in [0, 0.1) is 0 Å². The van der Waals surface area contributed by atoms with E-state index in [0.29, 0.717) is 12.6 Å². The first kappa shape index (κ1) is 15.2. The van der Waals surface area contributed by atoms with Crippen molar-refractivity contribution in [3.63, 3.8) is 0 Å². The highest BCUT2D eigenvalue weighted by Gasteiger charge is 2.38. The molecule has 2 heterocycles. The van der Waals surface area contributed by atoms with Crippen LogP contribution < -0.4 is 4.72 Å². The van der Waals surface area contributed by atoms with Gasteiger partial charge in [-0.1, -0.05) is 19.8 Å². The third-order valence-electron chi connectivity index (χ3n) is 4.39. The fraction of sp³-hybridized carbons (Fsp3) is 1.00. The summed E-state index contributed by atoms with van der Waals surface area (Å²) in [6, 6.07) is 0.525. The number of hydrogen-bond donors (Lipinski definition) is 1. The van der Waals surface area contributed by atoms with Crippen LogP contribution in [-0.2, 0) is 10.2 Å². The zero-order valence-corrected chi connectivity index (χ0v) is 13.0. The minimum atomic E-state index is -3.31. The molecule has 2 fully saturated rings. The van der Waals surface area contributed by atoms with Crippen molar-refractivity contribution in [2.24, 2.45) is 0 Å². The maximum Gasteiger partial charge on any atom is 0.279 e. The topological polar surface area (TPSA) is 52.7 Å². The molecule has 19 heavy (non-hydrogen) atoms.